The molecule has 1 fully saturated rings. The molecule has 1 amide bonds. The summed E-state index contributed by atoms with van der Waals surface area (Å²) in [6.45, 7) is 5.82. The first-order valence-corrected chi connectivity index (χ1v) is 7.72. The second-order valence-electron chi connectivity index (χ2n) is 6.41. The van der Waals surface area contributed by atoms with E-state index in [1.807, 2.05) is 43.3 Å². The molecule has 0 bridgehead atoms. The third kappa shape index (κ3) is 3.21. The van der Waals surface area contributed by atoms with Gasteiger partial charge in [-0.15, -0.1) is 0 Å². The van der Waals surface area contributed by atoms with E-state index in [2.05, 4.69) is 18.7 Å². The second kappa shape index (κ2) is 6.06. The summed E-state index contributed by atoms with van der Waals surface area (Å²) >= 11 is 0. The molecule has 4 heteroatoms. The van der Waals surface area contributed by atoms with Gasteiger partial charge in [0.05, 0.1) is 5.41 Å². The molecule has 1 atom stereocenters. The maximum absolute atomic E-state index is 13.0. The average molecular weight is 289 g/mol. The minimum absolute atomic E-state index is 0.226. The molecule has 0 heterocycles. The van der Waals surface area contributed by atoms with E-state index in [1.54, 1.807) is 0 Å². The summed E-state index contributed by atoms with van der Waals surface area (Å²) in [7, 11) is 4.09. The third-order valence-corrected chi connectivity index (χ3v) is 4.39. The lowest BCUT2D eigenvalue weighted by Gasteiger charge is -2.33. The van der Waals surface area contributed by atoms with Crippen molar-refractivity contribution in [2.45, 2.75) is 38.1 Å². The Morgan fingerprint density at radius 2 is 1.86 bits per heavy atom. The molecule has 0 aliphatic heterocycles. The molecule has 1 aromatic rings. The predicted molar refractivity (Wildman–Crippen MR) is 87.2 cm³/mol. The van der Waals surface area contributed by atoms with Gasteiger partial charge < -0.3 is 15.5 Å². The van der Waals surface area contributed by atoms with Crippen LogP contribution in [0.3, 0.4) is 0 Å². The van der Waals surface area contributed by atoms with Gasteiger partial charge in [0.15, 0.2) is 0 Å². The van der Waals surface area contributed by atoms with Crippen molar-refractivity contribution in [2.75, 3.05) is 32.9 Å². The molecule has 0 spiro atoms. The Labute approximate surface area is 127 Å². The van der Waals surface area contributed by atoms with E-state index in [0.29, 0.717) is 0 Å². The molecular weight excluding hydrogens is 262 g/mol. The van der Waals surface area contributed by atoms with E-state index in [1.165, 1.54) is 0 Å². The maximum atomic E-state index is 13.0. The van der Waals surface area contributed by atoms with Gasteiger partial charge in [-0.1, -0.05) is 12.1 Å². The summed E-state index contributed by atoms with van der Waals surface area (Å²) < 4.78 is 0. The first-order chi connectivity index (χ1) is 9.90. The Balaban J connectivity index is 2.19. The fourth-order valence-electron chi connectivity index (χ4n) is 3.11. The third-order valence-electron chi connectivity index (χ3n) is 4.39. The van der Waals surface area contributed by atoms with Crippen molar-refractivity contribution < 1.29 is 4.79 Å². The number of anilines is 1. The molecule has 1 saturated carbocycles. The molecule has 1 aliphatic carbocycles. The summed E-state index contributed by atoms with van der Waals surface area (Å²) in [4.78, 5) is 17.2. The molecule has 21 heavy (non-hydrogen) atoms. The van der Waals surface area contributed by atoms with E-state index in [4.69, 9.17) is 5.73 Å². The van der Waals surface area contributed by atoms with E-state index in [-0.39, 0.29) is 17.4 Å². The first kappa shape index (κ1) is 15.8. The molecular formula is C17H27N3O. The van der Waals surface area contributed by atoms with Crippen molar-refractivity contribution in [1.82, 2.24) is 9.80 Å². The molecule has 116 valence electrons. The number of amides is 1. The van der Waals surface area contributed by atoms with E-state index in [9.17, 15) is 4.79 Å². The summed E-state index contributed by atoms with van der Waals surface area (Å²) in [6, 6.07) is 8.02. The molecule has 1 aromatic carbocycles. The van der Waals surface area contributed by atoms with Gasteiger partial charge in [0.25, 0.3) is 0 Å². The highest BCUT2D eigenvalue weighted by atomic mass is 16.2. The fraction of sp³-hybridized carbons (Fsp3) is 0.588. The van der Waals surface area contributed by atoms with Crippen LogP contribution in [0.5, 0.6) is 0 Å². The number of likely N-dealkylation sites (N-methyl/N-ethyl adjacent to an activating group) is 2. The summed E-state index contributed by atoms with van der Waals surface area (Å²) in [5, 5.41) is 0. The first-order valence-electron chi connectivity index (χ1n) is 7.72. The van der Waals surface area contributed by atoms with Crippen molar-refractivity contribution in [3.8, 4) is 0 Å². The molecule has 0 radical (unpaired) electrons. The van der Waals surface area contributed by atoms with Crippen LogP contribution >= 0.6 is 0 Å². The number of carbonyl (C=O) groups excluding carboxylic acids is 1. The van der Waals surface area contributed by atoms with Gasteiger partial charge in [-0.05, 0) is 58.5 Å². The number of carbonyl (C=O) groups is 1. The summed E-state index contributed by atoms with van der Waals surface area (Å²) in [6.07, 6.45) is 1.89. The van der Waals surface area contributed by atoms with Crippen molar-refractivity contribution >= 4 is 11.6 Å². The van der Waals surface area contributed by atoms with Gasteiger partial charge in [-0.2, -0.15) is 0 Å². The van der Waals surface area contributed by atoms with Crippen molar-refractivity contribution in [1.29, 1.82) is 0 Å². The Morgan fingerprint density at radius 1 is 1.29 bits per heavy atom. The monoisotopic (exact) mass is 289 g/mol. The molecule has 0 saturated heterocycles. The van der Waals surface area contributed by atoms with Crippen LogP contribution in [-0.4, -0.2) is 48.9 Å². The Kier molecular flexibility index (Phi) is 4.57. The Hall–Kier alpha value is -1.55. The Bertz CT molecular complexity index is 491. The molecule has 2 N–H and O–H groups in total. The summed E-state index contributed by atoms with van der Waals surface area (Å²) in [5.41, 5.74) is 7.31. The number of hydrogen-bond acceptors (Lipinski definition) is 3. The zero-order valence-electron chi connectivity index (χ0n) is 13.6. The largest absolute Gasteiger partial charge is 0.399 e. The number of nitrogen functional groups attached to an aromatic ring is 1. The van der Waals surface area contributed by atoms with Crippen LogP contribution < -0.4 is 5.73 Å². The SMILES string of the molecule is CCN(C(=O)C1(c2ccc(N)cc2)CC1)C(C)CN(C)C. The number of nitrogens with zero attached hydrogens (tertiary/aromatic N) is 2. The van der Waals surface area contributed by atoms with Crippen LogP contribution in [0.1, 0.15) is 32.3 Å². The fourth-order valence-corrected chi connectivity index (χ4v) is 3.11. The standard InChI is InChI=1S/C17H27N3O/c1-5-20(13(2)12-19(3)4)16(21)17(10-11-17)14-6-8-15(18)9-7-14/h6-9,13H,5,10-12,18H2,1-4H3. The smallest absolute Gasteiger partial charge is 0.233 e. The van der Waals surface area contributed by atoms with Gasteiger partial charge in [0.1, 0.15) is 0 Å². The van der Waals surface area contributed by atoms with Crippen LogP contribution in [0.15, 0.2) is 24.3 Å². The van der Waals surface area contributed by atoms with Gasteiger partial charge in [0.2, 0.25) is 5.91 Å². The highest BCUT2D eigenvalue weighted by Gasteiger charge is 2.53. The molecule has 4 nitrogen and oxygen atoms in total. The van der Waals surface area contributed by atoms with E-state index >= 15 is 0 Å². The average Bonchev–Trinajstić information content (AvgIpc) is 3.21. The highest BCUT2D eigenvalue weighted by molar-refractivity contribution is 5.91. The quantitative estimate of drug-likeness (QED) is 0.816. The number of benzene rings is 1. The lowest BCUT2D eigenvalue weighted by atomic mass is 9.93. The van der Waals surface area contributed by atoms with Crippen LogP contribution in [-0.2, 0) is 10.2 Å². The lowest BCUT2D eigenvalue weighted by Crippen LogP contribution is -2.48. The Morgan fingerprint density at radius 3 is 2.29 bits per heavy atom. The number of hydrogen-bond donors (Lipinski definition) is 1. The second-order valence-corrected chi connectivity index (χ2v) is 6.41. The predicted octanol–water partition coefficient (Wildman–Crippen LogP) is 2.10. The van der Waals surface area contributed by atoms with E-state index in [0.717, 1.165) is 37.2 Å². The molecule has 2 rings (SSSR count). The number of nitrogens with two attached hydrogens (primary N) is 1. The molecule has 1 aliphatic rings. The number of rotatable bonds is 6. The van der Waals surface area contributed by atoms with Gasteiger partial charge in [-0.25, -0.2) is 0 Å². The lowest BCUT2D eigenvalue weighted by molar-refractivity contribution is -0.136. The van der Waals surface area contributed by atoms with Crippen LogP contribution in [0.25, 0.3) is 0 Å². The molecule has 1 unspecified atom stereocenters. The zero-order valence-corrected chi connectivity index (χ0v) is 13.6. The molecule has 0 aromatic heterocycles. The van der Waals surface area contributed by atoms with Gasteiger partial charge in [0, 0.05) is 24.8 Å². The highest BCUT2D eigenvalue weighted by Crippen LogP contribution is 2.50. The van der Waals surface area contributed by atoms with Crippen LogP contribution in [0.4, 0.5) is 5.69 Å². The van der Waals surface area contributed by atoms with Crippen molar-refractivity contribution in [2.24, 2.45) is 0 Å². The normalized spacial score (nSPS) is 17.6. The van der Waals surface area contributed by atoms with Gasteiger partial charge in [-0.3, -0.25) is 4.79 Å². The zero-order chi connectivity index (χ0) is 15.6. The summed E-state index contributed by atoms with van der Waals surface area (Å²) in [5.74, 6) is 0.268. The van der Waals surface area contributed by atoms with Crippen LogP contribution in [0, 0.1) is 0 Å². The topological polar surface area (TPSA) is 49.6 Å². The maximum Gasteiger partial charge on any atom is 0.233 e. The van der Waals surface area contributed by atoms with Crippen molar-refractivity contribution in [3.05, 3.63) is 29.8 Å². The van der Waals surface area contributed by atoms with E-state index < -0.39 is 0 Å². The van der Waals surface area contributed by atoms with Gasteiger partial charge >= 0.3 is 0 Å². The minimum Gasteiger partial charge on any atom is -0.399 e. The van der Waals surface area contributed by atoms with Crippen molar-refractivity contribution in [3.63, 3.8) is 0 Å². The minimum atomic E-state index is -0.301. The van der Waals surface area contributed by atoms with Crippen LogP contribution in [0.2, 0.25) is 0 Å².